The summed E-state index contributed by atoms with van der Waals surface area (Å²) in [4.78, 5) is 8.07. The number of hydrogen-bond acceptors (Lipinski definition) is 4. The van der Waals surface area contributed by atoms with E-state index in [9.17, 15) is 0 Å². The van der Waals surface area contributed by atoms with Crippen molar-refractivity contribution in [3.8, 4) is 6.07 Å². The Hall–Kier alpha value is -2.12. The Bertz CT molecular complexity index is 563. The predicted molar refractivity (Wildman–Crippen MR) is 70.4 cm³/mol. The van der Waals surface area contributed by atoms with Crippen molar-refractivity contribution in [1.29, 1.82) is 5.26 Å². The molecular formula is C13H11ClN4. The third-order valence-corrected chi connectivity index (χ3v) is 2.85. The minimum atomic E-state index is 0.370. The van der Waals surface area contributed by atoms with Gasteiger partial charge < -0.3 is 5.32 Å². The van der Waals surface area contributed by atoms with Gasteiger partial charge in [-0.15, -0.1) is 0 Å². The molecule has 2 aromatic rings. The monoisotopic (exact) mass is 258 g/mol. The summed E-state index contributed by atoms with van der Waals surface area (Å²) in [6, 6.07) is 7.54. The van der Waals surface area contributed by atoms with Crippen molar-refractivity contribution in [3.63, 3.8) is 0 Å². The van der Waals surface area contributed by atoms with E-state index in [1.165, 1.54) is 5.56 Å². The molecule has 0 aromatic carbocycles. The van der Waals surface area contributed by atoms with Crippen LogP contribution in [-0.2, 0) is 6.42 Å². The van der Waals surface area contributed by atoms with Crippen molar-refractivity contribution >= 4 is 17.4 Å². The molecule has 2 rings (SSSR count). The lowest BCUT2D eigenvalue weighted by Gasteiger charge is -2.07. The number of aromatic nitrogens is 2. The fourth-order valence-electron chi connectivity index (χ4n) is 1.53. The van der Waals surface area contributed by atoms with Crippen molar-refractivity contribution in [2.45, 2.75) is 6.42 Å². The zero-order valence-electron chi connectivity index (χ0n) is 9.60. The van der Waals surface area contributed by atoms with Crippen LogP contribution >= 0.6 is 11.6 Å². The molecule has 1 N–H and O–H groups in total. The number of pyridine rings is 2. The van der Waals surface area contributed by atoms with Crippen LogP contribution in [-0.4, -0.2) is 16.5 Å². The van der Waals surface area contributed by atoms with E-state index in [1.54, 1.807) is 24.7 Å². The molecular weight excluding hydrogens is 248 g/mol. The molecule has 0 amide bonds. The van der Waals surface area contributed by atoms with Crippen molar-refractivity contribution in [2.75, 3.05) is 11.9 Å². The van der Waals surface area contributed by atoms with Crippen LogP contribution in [0, 0.1) is 11.3 Å². The topological polar surface area (TPSA) is 61.6 Å². The van der Waals surface area contributed by atoms with Gasteiger partial charge in [0.2, 0.25) is 0 Å². The van der Waals surface area contributed by atoms with Crippen molar-refractivity contribution in [2.24, 2.45) is 0 Å². The van der Waals surface area contributed by atoms with Crippen LogP contribution in [0.25, 0.3) is 0 Å². The summed E-state index contributed by atoms with van der Waals surface area (Å²) >= 11 is 6.03. The fourth-order valence-corrected chi connectivity index (χ4v) is 1.75. The molecule has 18 heavy (non-hydrogen) atoms. The molecule has 0 radical (unpaired) electrons. The maximum Gasteiger partial charge on any atom is 0.146 e. The van der Waals surface area contributed by atoms with Gasteiger partial charge in [0.15, 0.2) is 0 Å². The summed E-state index contributed by atoms with van der Waals surface area (Å²) in [5.41, 5.74) is 1.61. The van der Waals surface area contributed by atoms with E-state index < -0.39 is 0 Å². The third kappa shape index (κ3) is 2.96. The van der Waals surface area contributed by atoms with Crippen LogP contribution in [0.3, 0.4) is 0 Å². The van der Waals surface area contributed by atoms with Crippen LogP contribution in [0.15, 0.2) is 36.8 Å². The molecule has 0 bridgehead atoms. The lowest BCUT2D eigenvalue weighted by Crippen LogP contribution is -2.07. The number of nitrogens with one attached hydrogen (secondary N) is 1. The van der Waals surface area contributed by atoms with Gasteiger partial charge in [-0.05, 0) is 30.2 Å². The third-order valence-electron chi connectivity index (χ3n) is 2.47. The molecule has 2 heterocycles. The van der Waals surface area contributed by atoms with Gasteiger partial charge in [-0.3, -0.25) is 4.98 Å². The largest absolute Gasteiger partial charge is 0.368 e. The van der Waals surface area contributed by atoms with E-state index in [1.807, 2.05) is 18.2 Å². The molecule has 0 atom stereocenters. The van der Waals surface area contributed by atoms with Crippen LogP contribution in [0.2, 0.25) is 5.02 Å². The van der Waals surface area contributed by atoms with Gasteiger partial charge in [0.1, 0.15) is 16.9 Å². The van der Waals surface area contributed by atoms with Gasteiger partial charge in [-0.1, -0.05) is 11.6 Å². The first kappa shape index (κ1) is 12.3. The lowest BCUT2D eigenvalue weighted by atomic mass is 10.2. The van der Waals surface area contributed by atoms with Gasteiger partial charge in [-0.2, -0.15) is 5.26 Å². The quantitative estimate of drug-likeness (QED) is 0.916. The number of rotatable bonds is 4. The Kier molecular flexibility index (Phi) is 4.11. The molecule has 0 unspecified atom stereocenters. The molecule has 0 aliphatic carbocycles. The highest BCUT2D eigenvalue weighted by molar-refractivity contribution is 6.34. The highest BCUT2D eigenvalue weighted by Gasteiger charge is 2.06. The zero-order valence-corrected chi connectivity index (χ0v) is 10.4. The van der Waals surface area contributed by atoms with Gasteiger partial charge in [-0.25, -0.2) is 4.98 Å². The van der Waals surface area contributed by atoms with E-state index >= 15 is 0 Å². The van der Waals surface area contributed by atoms with Crippen molar-refractivity contribution in [1.82, 2.24) is 9.97 Å². The number of hydrogen-bond donors (Lipinski definition) is 1. The molecule has 5 heteroatoms. The molecule has 0 aliphatic rings. The first-order valence-electron chi connectivity index (χ1n) is 5.48. The fraction of sp³-hybridized carbons (Fsp3) is 0.154. The predicted octanol–water partition coefficient (Wildman–Crippen LogP) is 2.66. The highest BCUT2D eigenvalue weighted by atomic mass is 35.5. The Balaban J connectivity index is 1.97. The molecule has 0 saturated heterocycles. The molecule has 4 nitrogen and oxygen atoms in total. The number of nitriles is 1. The summed E-state index contributed by atoms with van der Waals surface area (Å²) in [6.45, 7) is 0.700. The summed E-state index contributed by atoms with van der Waals surface area (Å²) < 4.78 is 0. The summed E-state index contributed by atoms with van der Waals surface area (Å²) in [5, 5.41) is 12.3. The smallest absolute Gasteiger partial charge is 0.146 e. The second-order valence-corrected chi connectivity index (χ2v) is 4.04. The van der Waals surface area contributed by atoms with E-state index in [0.717, 1.165) is 6.42 Å². The maximum atomic E-state index is 8.85. The summed E-state index contributed by atoms with van der Waals surface area (Å²) in [5.74, 6) is 0.546. The number of nitrogens with zero attached hydrogens (tertiary/aromatic N) is 3. The Labute approximate surface area is 110 Å². The highest BCUT2D eigenvalue weighted by Crippen LogP contribution is 2.22. The van der Waals surface area contributed by atoms with Gasteiger partial charge >= 0.3 is 0 Å². The van der Waals surface area contributed by atoms with Crippen LogP contribution in [0.5, 0.6) is 0 Å². The Morgan fingerprint density at radius 3 is 2.72 bits per heavy atom. The first-order valence-corrected chi connectivity index (χ1v) is 5.86. The molecule has 0 saturated carbocycles. The second-order valence-electron chi connectivity index (χ2n) is 3.67. The van der Waals surface area contributed by atoms with E-state index in [4.69, 9.17) is 16.9 Å². The Morgan fingerprint density at radius 2 is 2.00 bits per heavy atom. The summed E-state index contributed by atoms with van der Waals surface area (Å²) in [6.07, 6.45) is 5.93. The van der Waals surface area contributed by atoms with E-state index in [-0.39, 0.29) is 0 Å². The number of halogens is 1. The minimum absolute atomic E-state index is 0.370. The van der Waals surface area contributed by atoms with Crippen LogP contribution in [0.4, 0.5) is 5.82 Å². The summed E-state index contributed by atoms with van der Waals surface area (Å²) in [7, 11) is 0. The Morgan fingerprint density at radius 1 is 1.22 bits per heavy atom. The normalized spacial score (nSPS) is 9.78. The van der Waals surface area contributed by atoms with Gasteiger partial charge in [0.25, 0.3) is 0 Å². The maximum absolute atomic E-state index is 8.85. The first-order chi connectivity index (χ1) is 8.81. The average Bonchev–Trinajstić information content (AvgIpc) is 2.42. The second kappa shape index (κ2) is 5.99. The minimum Gasteiger partial charge on any atom is -0.368 e. The number of anilines is 1. The molecule has 90 valence electrons. The molecule has 0 aliphatic heterocycles. The average molecular weight is 259 g/mol. The van der Waals surface area contributed by atoms with E-state index in [2.05, 4.69) is 15.3 Å². The van der Waals surface area contributed by atoms with Crippen LogP contribution < -0.4 is 5.32 Å². The van der Waals surface area contributed by atoms with Crippen molar-refractivity contribution < 1.29 is 0 Å². The molecule has 0 fully saturated rings. The van der Waals surface area contributed by atoms with Gasteiger partial charge in [0.05, 0.1) is 5.56 Å². The van der Waals surface area contributed by atoms with Crippen molar-refractivity contribution in [3.05, 3.63) is 52.9 Å². The standard InChI is InChI=1S/C13H11ClN4/c14-12-11(9-15)4-8-18-13(12)17-7-3-10-1-5-16-6-2-10/h1-2,4-6,8H,3,7H2,(H,17,18). The van der Waals surface area contributed by atoms with Gasteiger partial charge in [0, 0.05) is 25.1 Å². The van der Waals surface area contributed by atoms with Crippen LogP contribution in [0.1, 0.15) is 11.1 Å². The molecule has 2 aromatic heterocycles. The zero-order chi connectivity index (χ0) is 12.8. The molecule has 0 spiro atoms. The SMILES string of the molecule is N#Cc1ccnc(NCCc2ccncc2)c1Cl. The van der Waals surface area contributed by atoms with E-state index in [0.29, 0.717) is 22.9 Å². The lowest BCUT2D eigenvalue weighted by molar-refractivity contribution is 1.000.